The Morgan fingerprint density at radius 1 is 0.962 bits per heavy atom. The van der Waals surface area contributed by atoms with E-state index in [4.69, 9.17) is 4.74 Å². The number of anilines is 1. The highest BCUT2D eigenvalue weighted by molar-refractivity contribution is 5.81. The maximum atomic E-state index is 11.9. The lowest BCUT2D eigenvalue weighted by Crippen LogP contribution is -2.28. The van der Waals surface area contributed by atoms with Gasteiger partial charge in [0.2, 0.25) is 0 Å². The van der Waals surface area contributed by atoms with E-state index in [2.05, 4.69) is 5.32 Å². The Morgan fingerprint density at radius 2 is 1.62 bits per heavy atom. The lowest BCUT2D eigenvalue weighted by atomic mass is 10.0. The Hall–Kier alpha value is -2.82. The van der Waals surface area contributed by atoms with Crippen LogP contribution in [0.4, 0.5) is 5.69 Å². The van der Waals surface area contributed by atoms with Gasteiger partial charge in [0, 0.05) is 26.3 Å². The van der Waals surface area contributed by atoms with Crippen molar-refractivity contribution in [2.75, 3.05) is 25.6 Å². The SMILES string of the molecule is Cc1ccc(CC(=O)OCC(=O)NCc2ccc(N(C)C)cc2)cc1C. The first-order valence-corrected chi connectivity index (χ1v) is 8.60. The predicted octanol–water partition coefficient (Wildman–Crippen LogP) is 2.77. The largest absolute Gasteiger partial charge is 0.455 e. The maximum Gasteiger partial charge on any atom is 0.310 e. The van der Waals surface area contributed by atoms with Crippen LogP contribution in [0, 0.1) is 13.8 Å². The van der Waals surface area contributed by atoms with Gasteiger partial charge in [-0.25, -0.2) is 0 Å². The summed E-state index contributed by atoms with van der Waals surface area (Å²) in [6, 6.07) is 13.8. The molecule has 0 bridgehead atoms. The Labute approximate surface area is 155 Å². The van der Waals surface area contributed by atoms with E-state index in [-0.39, 0.29) is 18.9 Å². The number of nitrogens with zero attached hydrogens (tertiary/aromatic N) is 1. The smallest absolute Gasteiger partial charge is 0.310 e. The third-order valence-corrected chi connectivity index (χ3v) is 4.23. The molecule has 0 atom stereocenters. The number of rotatable bonds is 7. The Balaban J connectivity index is 1.73. The van der Waals surface area contributed by atoms with Crippen LogP contribution >= 0.6 is 0 Å². The quantitative estimate of drug-likeness (QED) is 0.777. The van der Waals surface area contributed by atoms with E-state index in [0.717, 1.165) is 22.4 Å². The number of hydrogen-bond donors (Lipinski definition) is 1. The summed E-state index contributed by atoms with van der Waals surface area (Å²) < 4.78 is 5.06. The minimum atomic E-state index is -0.404. The lowest BCUT2D eigenvalue weighted by molar-refractivity contribution is -0.147. The molecular weight excluding hydrogens is 328 g/mol. The molecule has 0 aliphatic carbocycles. The number of ether oxygens (including phenoxy) is 1. The van der Waals surface area contributed by atoms with Crippen LogP contribution in [0.2, 0.25) is 0 Å². The fourth-order valence-corrected chi connectivity index (χ4v) is 2.44. The number of aryl methyl sites for hydroxylation is 2. The molecule has 26 heavy (non-hydrogen) atoms. The molecule has 0 radical (unpaired) electrons. The molecule has 2 aromatic rings. The zero-order valence-electron chi connectivity index (χ0n) is 15.8. The first kappa shape index (κ1) is 19.5. The van der Waals surface area contributed by atoms with Crippen LogP contribution < -0.4 is 10.2 Å². The first-order valence-electron chi connectivity index (χ1n) is 8.60. The van der Waals surface area contributed by atoms with Crippen LogP contribution in [0.25, 0.3) is 0 Å². The molecule has 0 heterocycles. The molecule has 138 valence electrons. The van der Waals surface area contributed by atoms with Gasteiger partial charge in [0.05, 0.1) is 6.42 Å². The Bertz CT molecular complexity index is 767. The van der Waals surface area contributed by atoms with Crippen molar-refractivity contribution in [1.29, 1.82) is 0 Å². The summed E-state index contributed by atoms with van der Waals surface area (Å²) in [5.41, 5.74) is 5.29. The standard InChI is InChI=1S/C21H26N2O3/c1-15-5-6-18(11-16(15)2)12-21(25)26-14-20(24)22-13-17-7-9-19(10-8-17)23(3)4/h5-11H,12-14H2,1-4H3,(H,22,24). The third kappa shape index (κ3) is 5.92. The molecule has 0 saturated carbocycles. The number of benzene rings is 2. The second-order valence-electron chi connectivity index (χ2n) is 6.59. The third-order valence-electron chi connectivity index (χ3n) is 4.23. The van der Waals surface area contributed by atoms with Gasteiger partial charge in [0.1, 0.15) is 0 Å². The van der Waals surface area contributed by atoms with Crippen molar-refractivity contribution in [3.8, 4) is 0 Å². The normalized spacial score (nSPS) is 10.3. The second-order valence-corrected chi connectivity index (χ2v) is 6.59. The number of carbonyl (C=O) groups excluding carboxylic acids is 2. The minimum absolute atomic E-state index is 0.167. The zero-order valence-corrected chi connectivity index (χ0v) is 15.8. The molecule has 0 saturated heterocycles. The molecule has 0 fully saturated rings. The van der Waals surface area contributed by atoms with Gasteiger partial charge in [-0.2, -0.15) is 0 Å². The monoisotopic (exact) mass is 354 g/mol. The van der Waals surface area contributed by atoms with Crippen LogP contribution in [-0.4, -0.2) is 32.6 Å². The summed E-state index contributed by atoms with van der Waals surface area (Å²) in [6.45, 7) is 4.17. The summed E-state index contributed by atoms with van der Waals surface area (Å²) in [7, 11) is 3.95. The summed E-state index contributed by atoms with van der Waals surface area (Å²) in [5, 5.41) is 2.75. The van der Waals surface area contributed by atoms with Gasteiger partial charge < -0.3 is 15.0 Å². The van der Waals surface area contributed by atoms with Crippen molar-refractivity contribution >= 4 is 17.6 Å². The van der Waals surface area contributed by atoms with Gasteiger partial charge >= 0.3 is 5.97 Å². The highest BCUT2D eigenvalue weighted by Gasteiger charge is 2.09. The first-order chi connectivity index (χ1) is 12.3. The molecule has 1 N–H and O–H groups in total. The molecule has 0 unspecified atom stereocenters. The van der Waals surface area contributed by atoms with Crippen molar-refractivity contribution in [2.24, 2.45) is 0 Å². The Kier molecular flexibility index (Phi) is 6.78. The van der Waals surface area contributed by atoms with Gasteiger partial charge in [-0.05, 0) is 48.2 Å². The fourth-order valence-electron chi connectivity index (χ4n) is 2.44. The van der Waals surface area contributed by atoms with Crippen LogP contribution in [0.3, 0.4) is 0 Å². The van der Waals surface area contributed by atoms with Crippen LogP contribution in [-0.2, 0) is 27.3 Å². The topological polar surface area (TPSA) is 58.6 Å². The average molecular weight is 354 g/mol. The molecule has 0 aliphatic rings. The number of hydrogen-bond acceptors (Lipinski definition) is 4. The van der Waals surface area contributed by atoms with Crippen LogP contribution in [0.1, 0.15) is 22.3 Å². The van der Waals surface area contributed by atoms with Gasteiger partial charge in [-0.1, -0.05) is 30.3 Å². The van der Waals surface area contributed by atoms with Crippen molar-refractivity contribution in [1.82, 2.24) is 5.32 Å². The maximum absolute atomic E-state index is 11.9. The number of carbonyl (C=O) groups is 2. The number of esters is 1. The van der Waals surface area contributed by atoms with E-state index >= 15 is 0 Å². The second kappa shape index (κ2) is 9.04. The summed E-state index contributed by atoms with van der Waals surface area (Å²) in [6.07, 6.45) is 0.167. The fraction of sp³-hybridized carbons (Fsp3) is 0.333. The molecule has 1 amide bonds. The van der Waals surface area contributed by atoms with Crippen molar-refractivity contribution < 1.29 is 14.3 Å². The van der Waals surface area contributed by atoms with E-state index in [1.807, 2.05) is 75.3 Å². The number of nitrogens with one attached hydrogen (secondary N) is 1. The molecule has 0 aliphatic heterocycles. The van der Waals surface area contributed by atoms with Crippen molar-refractivity contribution in [3.63, 3.8) is 0 Å². The van der Waals surface area contributed by atoms with E-state index in [0.29, 0.717) is 6.54 Å². The van der Waals surface area contributed by atoms with Gasteiger partial charge in [-0.15, -0.1) is 0 Å². The van der Waals surface area contributed by atoms with Crippen molar-refractivity contribution in [3.05, 3.63) is 64.7 Å². The van der Waals surface area contributed by atoms with E-state index in [1.54, 1.807) is 0 Å². The van der Waals surface area contributed by atoms with Crippen LogP contribution in [0.5, 0.6) is 0 Å². The highest BCUT2D eigenvalue weighted by Crippen LogP contribution is 2.12. The van der Waals surface area contributed by atoms with Crippen molar-refractivity contribution in [2.45, 2.75) is 26.8 Å². The molecule has 2 rings (SSSR count). The highest BCUT2D eigenvalue weighted by atomic mass is 16.5. The van der Waals surface area contributed by atoms with Gasteiger partial charge in [0.25, 0.3) is 5.91 Å². The number of amides is 1. The lowest BCUT2D eigenvalue weighted by Gasteiger charge is -2.13. The van der Waals surface area contributed by atoms with Gasteiger partial charge in [0.15, 0.2) is 6.61 Å². The molecule has 5 heteroatoms. The van der Waals surface area contributed by atoms with E-state index in [9.17, 15) is 9.59 Å². The van der Waals surface area contributed by atoms with E-state index < -0.39 is 5.97 Å². The molecule has 0 spiro atoms. The Morgan fingerprint density at radius 3 is 2.23 bits per heavy atom. The molecule has 5 nitrogen and oxygen atoms in total. The average Bonchev–Trinajstić information content (AvgIpc) is 2.61. The van der Waals surface area contributed by atoms with E-state index in [1.165, 1.54) is 5.56 Å². The molecule has 2 aromatic carbocycles. The molecule has 0 aromatic heterocycles. The summed E-state index contributed by atoms with van der Waals surface area (Å²) >= 11 is 0. The zero-order chi connectivity index (χ0) is 19.1. The van der Waals surface area contributed by atoms with Crippen LogP contribution in [0.15, 0.2) is 42.5 Å². The summed E-state index contributed by atoms with van der Waals surface area (Å²) in [5.74, 6) is -0.714. The summed E-state index contributed by atoms with van der Waals surface area (Å²) in [4.78, 5) is 25.7. The molecular formula is C21H26N2O3. The minimum Gasteiger partial charge on any atom is -0.455 e. The van der Waals surface area contributed by atoms with Gasteiger partial charge in [-0.3, -0.25) is 9.59 Å². The predicted molar refractivity (Wildman–Crippen MR) is 103 cm³/mol.